The van der Waals surface area contributed by atoms with Crippen LogP contribution in [-0.2, 0) is 12.1 Å². The van der Waals surface area contributed by atoms with Gasteiger partial charge in [0, 0.05) is 30.0 Å². The van der Waals surface area contributed by atoms with Crippen molar-refractivity contribution in [2.45, 2.75) is 64.6 Å². The fourth-order valence-electron chi connectivity index (χ4n) is 3.12. The van der Waals surface area contributed by atoms with Crippen molar-refractivity contribution in [1.29, 1.82) is 0 Å². The van der Waals surface area contributed by atoms with Crippen LogP contribution in [0.5, 0.6) is 5.75 Å². The van der Waals surface area contributed by atoms with Crippen LogP contribution in [0.2, 0.25) is 0 Å². The lowest BCUT2D eigenvalue weighted by atomic mass is 9.90. The van der Waals surface area contributed by atoms with E-state index in [9.17, 15) is 5.11 Å². The predicted octanol–water partition coefficient (Wildman–Crippen LogP) is 4.03. The Kier molecular flexibility index (Phi) is 7.66. The van der Waals surface area contributed by atoms with Crippen LogP contribution in [0.3, 0.4) is 0 Å². The van der Waals surface area contributed by atoms with Crippen molar-refractivity contribution in [2.75, 3.05) is 13.7 Å². The van der Waals surface area contributed by atoms with Gasteiger partial charge in [-0.15, -0.1) is 0 Å². The number of hydrogen-bond acceptors (Lipinski definition) is 4. The summed E-state index contributed by atoms with van der Waals surface area (Å²) in [5, 5.41) is 14.2. The Labute approximate surface area is 157 Å². The normalized spacial score (nSPS) is 13.0. The molecule has 5 nitrogen and oxygen atoms in total. The van der Waals surface area contributed by atoms with Gasteiger partial charge in [0.05, 0.1) is 19.5 Å². The van der Waals surface area contributed by atoms with Crippen LogP contribution in [0.1, 0.15) is 63.7 Å². The van der Waals surface area contributed by atoms with Gasteiger partial charge < -0.3 is 19.7 Å². The molecule has 0 amide bonds. The summed E-state index contributed by atoms with van der Waals surface area (Å²) in [4.78, 5) is 4.07. The summed E-state index contributed by atoms with van der Waals surface area (Å²) in [5.74, 6) is 0.758. The molecular formula is C21H33N3O2. The van der Waals surface area contributed by atoms with Gasteiger partial charge in [-0.25, -0.2) is 4.98 Å². The number of aliphatic hydroxyl groups excluding tert-OH is 1. The highest BCUT2D eigenvalue weighted by atomic mass is 16.5. The van der Waals surface area contributed by atoms with E-state index in [4.69, 9.17) is 4.74 Å². The maximum absolute atomic E-state index is 10.6. The van der Waals surface area contributed by atoms with Gasteiger partial charge in [-0.2, -0.15) is 0 Å². The monoisotopic (exact) mass is 359 g/mol. The van der Waals surface area contributed by atoms with E-state index in [1.165, 1.54) is 0 Å². The van der Waals surface area contributed by atoms with E-state index in [0.29, 0.717) is 0 Å². The molecule has 0 fully saturated rings. The molecule has 2 rings (SSSR count). The molecule has 0 aliphatic carbocycles. The summed E-state index contributed by atoms with van der Waals surface area (Å²) in [6.45, 7) is 8.34. The fraction of sp³-hybridized carbons (Fsp3) is 0.571. The highest BCUT2D eigenvalue weighted by Gasteiger charge is 2.22. The molecule has 0 bridgehead atoms. The van der Waals surface area contributed by atoms with Crippen molar-refractivity contribution in [1.82, 2.24) is 14.9 Å². The number of aryl methyl sites for hydroxylation is 1. The fourth-order valence-corrected chi connectivity index (χ4v) is 3.12. The van der Waals surface area contributed by atoms with E-state index < -0.39 is 6.10 Å². The number of benzene rings is 1. The average molecular weight is 360 g/mol. The van der Waals surface area contributed by atoms with Crippen molar-refractivity contribution in [3.63, 3.8) is 0 Å². The molecule has 1 aromatic carbocycles. The minimum atomic E-state index is -0.484. The Hall–Kier alpha value is -1.85. The molecule has 0 aliphatic rings. The molecule has 0 radical (unpaired) electrons. The lowest BCUT2D eigenvalue weighted by Crippen LogP contribution is -2.37. The Morgan fingerprint density at radius 3 is 2.77 bits per heavy atom. The molecule has 1 heterocycles. The van der Waals surface area contributed by atoms with Gasteiger partial charge in [0.2, 0.25) is 0 Å². The van der Waals surface area contributed by atoms with Crippen LogP contribution in [0.25, 0.3) is 0 Å². The number of aromatic nitrogens is 2. The SMILES string of the molecule is CCCCC(O)c1cc(C(C)(C)NCCCn2ccnc2)ccc1OC. The maximum Gasteiger partial charge on any atom is 0.124 e. The second-order valence-corrected chi connectivity index (χ2v) is 7.32. The quantitative estimate of drug-likeness (QED) is 0.595. The van der Waals surface area contributed by atoms with Crippen molar-refractivity contribution < 1.29 is 9.84 Å². The third kappa shape index (κ3) is 5.58. The molecule has 0 saturated heterocycles. The molecule has 1 unspecified atom stereocenters. The number of imidazole rings is 1. The molecule has 26 heavy (non-hydrogen) atoms. The van der Waals surface area contributed by atoms with E-state index in [-0.39, 0.29) is 5.54 Å². The van der Waals surface area contributed by atoms with Crippen LogP contribution < -0.4 is 10.1 Å². The lowest BCUT2D eigenvalue weighted by molar-refractivity contribution is 0.160. The molecule has 0 spiro atoms. The van der Waals surface area contributed by atoms with Crippen LogP contribution in [0.15, 0.2) is 36.9 Å². The molecule has 2 aromatic rings. The summed E-state index contributed by atoms with van der Waals surface area (Å²) in [5.41, 5.74) is 1.86. The molecule has 1 aromatic heterocycles. The molecule has 2 N–H and O–H groups in total. The number of rotatable bonds is 11. The van der Waals surface area contributed by atoms with Crippen LogP contribution in [0, 0.1) is 0 Å². The zero-order valence-corrected chi connectivity index (χ0v) is 16.5. The summed E-state index contributed by atoms with van der Waals surface area (Å²) < 4.78 is 7.55. The standard InChI is InChI=1S/C21H33N3O2/c1-5-6-8-19(25)18-15-17(9-10-20(18)26-4)21(2,3)23-11-7-13-24-14-12-22-16-24/h9-10,12,14-16,19,23,25H,5-8,11,13H2,1-4H3. The lowest BCUT2D eigenvalue weighted by Gasteiger charge is -2.29. The second kappa shape index (κ2) is 9.74. The first-order valence-electron chi connectivity index (χ1n) is 9.55. The third-order valence-corrected chi connectivity index (χ3v) is 4.86. The minimum absolute atomic E-state index is 0.180. The van der Waals surface area contributed by atoms with Crippen molar-refractivity contribution in [3.05, 3.63) is 48.0 Å². The Morgan fingerprint density at radius 1 is 1.31 bits per heavy atom. The topological polar surface area (TPSA) is 59.3 Å². The van der Waals surface area contributed by atoms with Gasteiger partial charge in [0.15, 0.2) is 0 Å². The van der Waals surface area contributed by atoms with Gasteiger partial charge in [-0.1, -0.05) is 25.8 Å². The summed E-state index contributed by atoms with van der Waals surface area (Å²) in [6.07, 6.45) is 9.02. The molecule has 0 saturated carbocycles. The number of hydrogen-bond donors (Lipinski definition) is 2. The molecule has 1 atom stereocenters. The molecule has 5 heteroatoms. The van der Waals surface area contributed by atoms with Crippen molar-refractivity contribution in [2.24, 2.45) is 0 Å². The van der Waals surface area contributed by atoms with E-state index in [1.54, 1.807) is 13.3 Å². The summed E-state index contributed by atoms with van der Waals surface area (Å²) in [7, 11) is 1.66. The van der Waals surface area contributed by atoms with E-state index >= 15 is 0 Å². The summed E-state index contributed by atoms with van der Waals surface area (Å²) in [6, 6.07) is 6.13. The van der Waals surface area contributed by atoms with Crippen LogP contribution in [0.4, 0.5) is 0 Å². The number of ether oxygens (including phenoxy) is 1. The second-order valence-electron chi connectivity index (χ2n) is 7.32. The highest BCUT2D eigenvalue weighted by Crippen LogP contribution is 2.32. The van der Waals surface area contributed by atoms with Crippen molar-refractivity contribution in [3.8, 4) is 5.75 Å². The van der Waals surface area contributed by atoms with Crippen molar-refractivity contribution >= 4 is 0 Å². The largest absolute Gasteiger partial charge is 0.496 e. The molecular weight excluding hydrogens is 326 g/mol. The van der Waals surface area contributed by atoms with E-state index in [1.807, 2.05) is 18.6 Å². The smallest absolute Gasteiger partial charge is 0.124 e. The van der Waals surface area contributed by atoms with Gasteiger partial charge in [-0.3, -0.25) is 0 Å². The van der Waals surface area contributed by atoms with Crippen LogP contribution in [-0.4, -0.2) is 28.3 Å². The number of nitrogens with zero attached hydrogens (tertiary/aromatic N) is 2. The Balaban J connectivity index is 2.02. The third-order valence-electron chi connectivity index (χ3n) is 4.86. The first-order chi connectivity index (χ1) is 12.5. The van der Waals surface area contributed by atoms with E-state index in [2.05, 4.69) is 47.8 Å². The van der Waals surface area contributed by atoms with E-state index in [0.717, 1.165) is 55.6 Å². The zero-order chi connectivity index (χ0) is 19.0. The number of methoxy groups -OCH3 is 1. The van der Waals surface area contributed by atoms with Crippen LogP contribution >= 0.6 is 0 Å². The molecule has 0 aliphatic heterocycles. The van der Waals surface area contributed by atoms with Gasteiger partial charge in [0.1, 0.15) is 5.75 Å². The molecule has 144 valence electrons. The zero-order valence-electron chi connectivity index (χ0n) is 16.5. The Bertz CT molecular complexity index is 653. The number of aliphatic hydroxyl groups is 1. The van der Waals surface area contributed by atoms with Gasteiger partial charge in [-0.05, 0) is 50.9 Å². The number of nitrogens with one attached hydrogen (secondary N) is 1. The average Bonchev–Trinajstić information content (AvgIpc) is 3.16. The van der Waals surface area contributed by atoms with Gasteiger partial charge >= 0.3 is 0 Å². The Morgan fingerprint density at radius 2 is 2.12 bits per heavy atom. The minimum Gasteiger partial charge on any atom is -0.496 e. The first kappa shape index (κ1) is 20.5. The first-order valence-corrected chi connectivity index (χ1v) is 9.55. The van der Waals surface area contributed by atoms with Gasteiger partial charge in [0.25, 0.3) is 0 Å². The highest BCUT2D eigenvalue weighted by molar-refractivity contribution is 5.41. The maximum atomic E-state index is 10.6. The summed E-state index contributed by atoms with van der Waals surface area (Å²) >= 11 is 0. The number of unbranched alkanes of at least 4 members (excludes halogenated alkanes) is 1. The predicted molar refractivity (Wildman–Crippen MR) is 105 cm³/mol.